The van der Waals surface area contributed by atoms with Crippen LogP contribution in [-0.4, -0.2) is 67.3 Å². The smallest absolute Gasteiger partial charge is 0.312 e. The van der Waals surface area contributed by atoms with Crippen LogP contribution in [0.4, 0.5) is 0 Å². The molecule has 0 saturated carbocycles. The second-order valence-electron chi connectivity index (χ2n) is 3.98. The second-order valence-corrected chi connectivity index (χ2v) is 3.98. The van der Waals surface area contributed by atoms with Crippen LogP contribution >= 0.6 is 0 Å². The molecular weight excluding hydrogens is 236 g/mol. The minimum Gasteiger partial charge on any atom is -0.351 e. The number of likely N-dealkylation sites (N-methyl/N-ethyl adjacent to an activating group) is 1. The Bertz CT molecular complexity index is 290. The molecule has 1 saturated heterocycles. The quantitative estimate of drug-likeness (QED) is 0.479. The molecule has 0 unspecified atom stereocenters. The van der Waals surface area contributed by atoms with Gasteiger partial charge in [-0.3, -0.25) is 9.59 Å². The first-order chi connectivity index (χ1) is 8.63. The summed E-state index contributed by atoms with van der Waals surface area (Å²) in [6.07, 6.45) is -0.454. The normalized spacial score (nSPS) is 16.9. The number of rotatable bonds is 7. The topological polar surface area (TPSA) is 59.1 Å². The Balaban J connectivity index is 2.56. The maximum atomic E-state index is 11.9. The first kappa shape index (κ1) is 14.9. The molecule has 0 aromatic heterocycles. The molecule has 1 aliphatic heterocycles. The zero-order chi connectivity index (χ0) is 13.5. The standard InChI is InChI=1S/C12H22N2O4/c1-4-13-7-8-14(12(16)11(13)15)9-10(17-5-2)18-6-3/h10H,4-9H2,1-3H3. The van der Waals surface area contributed by atoms with Gasteiger partial charge in [0, 0.05) is 32.8 Å². The molecule has 18 heavy (non-hydrogen) atoms. The Hall–Kier alpha value is -1.14. The van der Waals surface area contributed by atoms with Crippen LogP contribution in [0.3, 0.4) is 0 Å². The van der Waals surface area contributed by atoms with E-state index >= 15 is 0 Å². The number of carbonyl (C=O) groups is 2. The van der Waals surface area contributed by atoms with Crippen molar-refractivity contribution in [1.29, 1.82) is 0 Å². The number of hydrogen-bond donors (Lipinski definition) is 0. The highest BCUT2D eigenvalue weighted by Gasteiger charge is 2.32. The number of carbonyl (C=O) groups excluding carboxylic acids is 2. The monoisotopic (exact) mass is 258 g/mol. The molecule has 6 heteroatoms. The zero-order valence-electron chi connectivity index (χ0n) is 11.3. The molecule has 2 amide bonds. The average Bonchev–Trinajstić information content (AvgIpc) is 2.36. The first-order valence-corrected chi connectivity index (χ1v) is 6.45. The molecule has 0 aliphatic carbocycles. The summed E-state index contributed by atoms with van der Waals surface area (Å²) in [5.41, 5.74) is 0. The summed E-state index contributed by atoms with van der Waals surface area (Å²) >= 11 is 0. The molecule has 1 heterocycles. The summed E-state index contributed by atoms with van der Waals surface area (Å²) in [5.74, 6) is -0.900. The lowest BCUT2D eigenvalue weighted by Gasteiger charge is -2.34. The summed E-state index contributed by atoms with van der Waals surface area (Å²) in [4.78, 5) is 26.6. The number of amides is 2. The Morgan fingerprint density at radius 3 is 2.00 bits per heavy atom. The van der Waals surface area contributed by atoms with Crippen molar-refractivity contribution in [3.63, 3.8) is 0 Å². The Morgan fingerprint density at radius 2 is 1.50 bits per heavy atom. The van der Waals surface area contributed by atoms with Crippen LogP contribution in [0.15, 0.2) is 0 Å². The lowest BCUT2D eigenvalue weighted by atomic mass is 10.3. The summed E-state index contributed by atoms with van der Waals surface area (Å²) in [5, 5.41) is 0. The number of piperazine rings is 1. The van der Waals surface area contributed by atoms with Crippen molar-refractivity contribution in [2.24, 2.45) is 0 Å². The van der Waals surface area contributed by atoms with Crippen molar-refractivity contribution in [3.8, 4) is 0 Å². The second kappa shape index (κ2) is 7.33. The van der Waals surface area contributed by atoms with Crippen molar-refractivity contribution in [2.45, 2.75) is 27.1 Å². The van der Waals surface area contributed by atoms with Gasteiger partial charge < -0.3 is 19.3 Å². The van der Waals surface area contributed by atoms with Gasteiger partial charge in [-0.05, 0) is 20.8 Å². The fraction of sp³-hybridized carbons (Fsp3) is 0.833. The molecule has 6 nitrogen and oxygen atoms in total. The molecule has 104 valence electrons. The van der Waals surface area contributed by atoms with Gasteiger partial charge in [-0.2, -0.15) is 0 Å². The van der Waals surface area contributed by atoms with Gasteiger partial charge in [0.05, 0.1) is 6.54 Å². The van der Waals surface area contributed by atoms with E-state index in [0.29, 0.717) is 39.4 Å². The summed E-state index contributed by atoms with van der Waals surface area (Å²) in [6.45, 7) is 8.62. The lowest BCUT2D eigenvalue weighted by Crippen LogP contribution is -2.56. The molecule has 0 aromatic rings. The molecule has 0 radical (unpaired) electrons. The van der Waals surface area contributed by atoms with Gasteiger partial charge in [0.1, 0.15) is 0 Å². The largest absolute Gasteiger partial charge is 0.351 e. The van der Waals surface area contributed by atoms with E-state index in [1.165, 1.54) is 4.90 Å². The highest BCUT2D eigenvalue weighted by Crippen LogP contribution is 2.07. The minimum atomic E-state index is -0.465. The van der Waals surface area contributed by atoms with Crippen molar-refractivity contribution in [2.75, 3.05) is 39.4 Å². The third-order valence-electron chi connectivity index (χ3n) is 2.85. The highest BCUT2D eigenvalue weighted by molar-refractivity contribution is 6.35. The molecule has 1 fully saturated rings. The SMILES string of the molecule is CCOC(CN1CCN(CC)C(=O)C1=O)OCC. The van der Waals surface area contributed by atoms with Gasteiger partial charge in [0.15, 0.2) is 6.29 Å². The first-order valence-electron chi connectivity index (χ1n) is 6.45. The van der Waals surface area contributed by atoms with Gasteiger partial charge in [0.25, 0.3) is 0 Å². The summed E-state index contributed by atoms with van der Waals surface area (Å²) in [7, 11) is 0. The molecule has 0 N–H and O–H groups in total. The lowest BCUT2D eigenvalue weighted by molar-refractivity contribution is -0.169. The molecule has 1 rings (SSSR count). The van der Waals surface area contributed by atoms with Crippen LogP contribution in [0.1, 0.15) is 20.8 Å². The third-order valence-corrected chi connectivity index (χ3v) is 2.85. The number of hydrogen-bond acceptors (Lipinski definition) is 4. The van der Waals surface area contributed by atoms with E-state index in [9.17, 15) is 9.59 Å². The highest BCUT2D eigenvalue weighted by atomic mass is 16.7. The van der Waals surface area contributed by atoms with E-state index in [2.05, 4.69) is 0 Å². The third kappa shape index (κ3) is 3.68. The van der Waals surface area contributed by atoms with Crippen molar-refractivity contribution >= 4 is 11.8 Å². The fourth-order valence-electron chi connectivity index (χ4n) is 1.90. The van der Waals surface area contributed by atoms with E-state index in [0.717, 1.165) is 0 Å². The molecule has 0 aromatic carbocycles. The minimum absolute atomic E-state index is 0.309. The van der Waals surface area contributed by atoms with Crippen LogP contribution in [0.25, 0.3) is 0 Å². The molecule has 0 atom stereocenters. The number of ether oxygens (including phenoxy) is 2. The summed E-state index contributed by atoms with van der Waals surface area (Å²) < 4.78 is 10.8. The van der Waals surface area contributed by atoms with Crippen LogP contribution in [0.2, 0.25) is 0 Å². The molecular formula is C12H22N2O4. The van der Waals surface area contributed by atoms with Gasteiger partial charge in [-0.15, -0.1) is 0 Å². The van der Waals surface area contributed by atoms with Gasteiger partial charge in [-0.1, -0.05) is 0 Å². The maximum absolute atomic E-state index is 11.9. The molecule has 0 spiro atoms. The molecule has 0 bridgehead atoms. The van der Waals surface area contributed by atoms with Crippen LogP contribution < -0.4 is 0 Å². The molecule has 1 aliphatic rings. The van der Waals surface area contributed by atoms with Crippen LogP contribution in [0.5, 0.6) is 0 Å². The van der Waals surface area contributed by atoms with E-state index in [1.807, 2.05) is 20.8 Å². The Kier molecular flexibility index (Phi) is 6.07. The van der Waals surface area contributed by atoms with Gasteiger partial charge >= 0.3 is 11.8 Å². The maximum Gasteiger partial charge on any atom is 0.312 e. The average molecular weight is 258 g/mol. The van der Waals surface area contributed by atoms with Crippen LogP contribution in [-0.2, 0) is 19.1 Å². The van der Waals surface area contributed by atoms with E-state index in [4.69, 9.17) is 9.47 Å². The fourth-order valence-corrected chi connectivity index (χ4v) is 1.90. The zero-order valence-corrected chi connectivity index (χ0v) is 11.3. The van der Waals surface area contributed by atoms with Crippen molar-refractivity contribution < 1.29 is 19.1 Å². The summed E-state index contributed by atoms with van der Waals surface area (Å²) in [6, 6.07) is 0. The predicted octanol–water partition coefficient (Wildman–Crippen LogP) is 0.0762. The number of nitrogens with zero attached hydrogens (tertiary/aromatic N) is 2. The van der Waals surface area contributed by atoms with Gasteiger partial charge in [-0.25, -0.2) is 0 Å². The Morgan fingerprint density at radius 1 is 1.00 bits per heavy atom. The Labute approximate surface area is 108 Å². The van der Waals surface area contributed by atoms with Crippen LogP contribution in [0, 0.1) is 0 Å². The van der Waals surface area contributed by atoms with Crippen molar-refractivity contribution in [1.82, 2.24) is 9.80 Å². The van der Waals surface area contributed by atoms with E-state index in [1.54, 1.807) is 4.90 Å². The van der Waals surface area contributed by atoms with Gasteiger partial charge in [0.2, 0.25) is 0 Å². The van der Waals surface area contributed by atoms with E-state index < -0.39 is 18.1 Å². The van der Waals surface area contributed by atoms with E-state index in [-0.39, 0.29) is 0 Å². The predicted molar refractivity (Wildman–Crippen MR) is 65.9 cm³/mol. The van der Waals surface area contributed by atoms with Crippen molar-refractivity contribution in [3.05, 3.63) is 0 Å².